The van der Waals surface area contributed by atoms with Gasteiger partial charge in [-0.15, -0.1) is 0 Å². The van der Waals surface area contributed by atoms with Crippen molar-refractivity contribution >= 4 is 52.1 Å². The monoisotopic (exact) mass is 510 g/mol. The summed E-state index contributed by atoms with van der Waals surface area (Å²) in [6, 6.07) is 14.1. The standard InChI is InChI=1S/C25H24Cl2N6O2/c26-20-2-1-3-21(27)22(20)33-15-35-23-19(24(33)34)14-28-25(30-23)29-16-4-6-17(7-5-16)31-10-12-32(13-11-31)18-8-9-18/h1-7,14,18H,8-13,15H2,(H,28,29,30). The zero-order valence-corrected chi connectivity index (χ0v) is 20.5. The minimum Gasteiger partial charge on any atom is -0.455 e. The van der Waals surface area contributed by atoms with Crippen molar-refractivity contribution in [3.63, 3.8) is 0 Å². The number of ether oxygens (including phenoxy) is 1. The van der Waals surface area contributed by atoms with Gasteiger partial charge in [0, 0.05) is 49.8 Å². The first kappa shape index (κ1) is 22.4. The number of carbonyl (C=O) groups excluding carboxylic acids is 1. The van der Waals surface area contributed by atoms with Gasteiger partial charge in [-0.2, -0.15) is 4.98 Å². The number of hydrogen-bond acceptors (Lipinski definition) is 7. The number of rotatable bonds is 5. The summed E-state index contributed by atoms with van der Waals surface area (Å²) >= 11 is 12.5. The number of piperazine rings is 1. The second-order valence-corrected chi connectivity index (χ2v) is 9.73. The fraction of sp³-hybridized carbons (Fsp3) is 0.320. The van der Waals surface area contributed by atoms with E-state index in [1.54, 1.807) is 18.2 Å². The van der Waals surface area contributed by atoms with E-state index < -0.39 is 0 Å². The molecule has 10 heteroatoms. The van der Waals surface area contributed by atoms with Crippen molar-refractivity contribution < 1.29 is 9.53 Å². The van der Waals surface area contributed by atoms with Crippen LogP contribution in [0.1, 0.15) is 23.2 Å². The molecule has 3 aromatic rings. The summed E-state index contributed by atoms with van der Waals surface area (Å²) in [6.07, 6.45) is 4.17. The Kier molecular flexibility index (Phi) is 5.88. The molecule has 3 aliphatic rings. The van der Waals surface area contributed by atoms with Gasteiger partial charge in [-0.25, -0.2) is 4.98 Å². The molecule has 0 atom stereocenters. The number of halogens is 2. The second-order valence-electron chi connectivity index (χ2n) is 8.92. The van der Waals surface area contributed by atoms with Crippen molar-refractivity contribution in [1.29, 1.82) is 0 Å². The molecular weight excluding hydrogens is 487 g/mol. The van der Waals surface area contributed by atoms with Gasteiger partial charge in [0.05, 0.1) is 15.7 Å². The average molecular weight is 511 g/mol. The zero-order valence-electron chi connectivity index (χ0n) is 19.0. The molecule has 0 bridgehead atoms. The Morgan fingerprint density at radius 1 is 0.971 bits per heavy atom. The van der Waals surface area contributed by atoms with Crippen LogP contribution in [0.5, 0.6) is 5.88 Å². The van der Waals surface area contributed by atoms with E-state index in [9.17, 15) is 4.79 Å². The van der Waals surface area contributed by atoms with Crippen molar-refractivity contribution in [2.45, 2.75) is 18.9 Å². The lowest BCUT2D eigenvalue weighted by Crippen LogP contribution is -2.47. The first-order valence-electron chi connectivity index (χ1n) is 11.7. The third-order valence-electron chi connectivity index (χ3n) is 6.63. The Balaban J connectivity index is 1.13. The van der Waals surface area contributed by atoms with Crippen LogP contribution in [-0.4, -0.2) is 59.7 Å². The molecule has 1 saturated heterocycles. The lowest BCUT2D eigenvalue weighted by Gasteiger charge is -2.36. The third-order valence-corrected chi connectivity index (χ3v) is 7.24. The van der Waals surface area contributed by atoms with E-state index in [0.29, 0.717) is 21.7 Å². The van der Waals surface area contributed by atoms with Gasteiger partial charge < -0.3 is 15.0 Å². The number of anilines is 4. The number of hydrogen-bond donors (Lipinski definition) is 1. The van der Waals surface area contributed by atoms with Crippen LogP contribution in [0, 0.1) is 0 Å². The van der Waals surface area contributed by atoms with Crippen LogP contribution in [-0.2, 0) is 0 Å². The average Bonchev–Trinajstić information content (AvgIpc) is 3.72. The predicted octanol–water partition coefficient (Wildman–Crippen LogP) is 4.81. The number of benzene rings is 2. The van der Waals surface area contributed by atoms with Gasteiger partial charge in [-0.1, -0.05) is 29.3 Å². The molecule has 6 rings (SSSR count). The number of aromatic nitrogens is 2. The van der Waals surface area contributed by atoms with Crippen LogP contribution < -0.4 is 19.9 Å². The van der Waals surface area contributed by atoms with Crippen LogP contribution >= 0.6 is 23.2 Å². The number of nitrogens with one attached hydrogen (secondary N) is 1. The maximum atomic E-state index is 13.1. The van der Waals surface area contributed by atoms with Crippen molar-refractivity contribution in [3.05, 3.63) is 64.3 Å². The van der Waals surface area contributed by atoms with E-state index in [0.717, 1.165) is 37.9 Å². The van der Waals surface area contributed by atoms with Gasteiger partial charge in [0.25, 0.3) is 5.91 Å². The Morgan fingerprint density at radius 2 is 1.69 bits per heavy atom. The van der Waals surface area contributed by atoms with Gasteiger partial charge in [0.1, 0.15) is 5.56 Å². The smallest absolute Gasteiger partial charge is 0.268 e. The fourth-order valence-corrected chi connectivity index (χ4v) is 5.20. The molecule has 1 aromatic heterocycles. The van der Waals surface area contributed by atoms with Crippen LogP contribution in [0.25, 0.3) is 0 Å². The second kappa shape index (κ2) is 9.18. The maximum Gasteiger partial charge on any atom is 0.268 e. The molecule has 3 heterocycles. The molecule has 2 aromatic carbocycles. The highest BCUT2D eigenvalue weighted by Gasteiger charge is 2.32. The molecule has 2 fully saturated rings. The topological polar surface area (TPSA) is 73.8 Å². The summed E-state index contributed by atoms with van der Waals surface area (Å²) in [5.41, 5.74) is 2.72. The number of para-hydroxylation sites is 1. The molecule has 1 N–H and O–H groups in total. The lowest BCUT2D eigenvalue weighted by atomic mass is 10.2. The molecule has 2 aliphatic heterocycles. The van der Waals surface area contributed by atoms with Crippen molar-refractivity contribution in [2.24, 2.45) is 0 Å². The molecule has 1 saturated carbocycles. The van der Waals surface area contributed by atoms with E-state index >= 15 is 0 Å². The normalized spacial score (nSPS) is 18.3. The molecule has 0 radical (unpaired) electrons. The highest BCUT2D eigenvalue weighted by Crippen LogP contribution is 2.37. The number of amides is 1. The predicted molar refractivity (Wildman–Crippen MR) is 137 cm³/mol. The molecular formula is C25H24Cl2N6O2. The number of carbonyl (C=O) groups is 1. The number of fused-ring (bicyclic) bond motifs is 1. The first-order valence-corrected chi connectivity index (χ1v) is 12.4. The van der Waals surface area contributed by atoms with Crippen LogP contribution in [0.2, 0.25) is 10.0 Å². The van der Waals surface area contributed by atoms with Gasteiger partial charge in [-0.3, -0.25) is 14.6 Å². The third kappa shape index (κ3) is 4.49. The van der Waals surface area contributed by atoms with E-state index in [1.165, 1.54) is 29.6 Å². The maximum absolute atomic E-state index is 13.1. The minimum absolute atomic E-state index is 0.0472. The van der Waals surface area contributed by atoms with Crippen LogP contribution in [0.3, 0.4) is 0 Å². The Labute approximate surface area is 213 Å². The Hall–Kier alpha value is -3.07. The summed E-state index contributed by atoms with van der Waals surface area (Å²) < 4.78 is 5.76. The highest BCUT2D eigenvalue weighted by atomic mass is 35.5. The quantitative estimate of drug-likeness (QED) is 0.527. The summed E-state index contributed by atoms with van der Waals surface area (Å²) in [4.78, 5) is 28.2. The zero-order chi connectivity index (χ0) is 23.9. The van der Waals surface area contributed by atoms with E-state index in [4.69, 9.17) is 27.9 Å². The largest absolute Gasteiger partial charge is 0.455 e. The first-order chi connectivity index (χ1) is 17.1. The van der Waals surface area contributed by atoms with Crippen LogP contribution in [0.15, 0.2) is 48.7 Å². The molecule has 0 unspecified atom stereocenters. The summed E-state index contributed by atoms with van der Waals surface area (Å²) in [7, 11) is 0. The van der Waals surface area contributed by atoms with Gasteiger partial charge in [0.2, 0.25) is 11.8 Å². The van der Waals surface area contributed by atoms with E-state index in [1.807, 2.05) is 12.1 Å². The van der Waals surface area contributed by atoms with Crippen molar-refractivity contribution in [3.8, 4) is 5.88 Å². The van der Waals surface area contributed by atoms with Gasteiger partial charge in [-0.05, 0) is 49.2 Å². The molecule has 8 nitrogen and oxygen atoms in total. The van der Waals surface area contributed by atoms with E-state index in [2.05, 4.69) is 37.2 Å². The van der Waals surface area contributed by atoms with Crippen molar-refractivity contribution in [2.75, 3.05) is 48.0 Å². The minimum atomic E-state index is -0.320. The molecule has 35 heavy (non-hydrogen) atoms. The molecule has 1 amide bonds. The van der Waals surface area contributed by atoms with Crippen molar-refractivity contribution in [1.82, 2.24) is 14.9 Å². The Morgan fingerprint density at radius 3 is 2.37 bits per heavy atom. The lowest BCUT2D eigenvalue weighted by molar-refractivity contribution is 0.0932. The SMILES string of the molecule is O=C1c2cnc(Nc3ccc(N4CCN(C5CC5)CC4)cc3)nc2OCN1c1c(Cl)cccc1Cl. The number of nitrogens with zero attached hydrogens (tertiary/aromatic N) is 5. The van der Waals surface area contributed by atoms with Gasteiger partial charge >= 0.3 is 0 Å². The Bertz CT molecular complexity index is 1240. The molecule has 0 spiro atoms. The fourth-order valence-electron chi connectivity index (χ4n) is 4.60. The summed E-state index contributed by atoms with van der Waals surface area (Å²) in [6.45, 7) is 4.32. The van der Waals surface area contributed by atoms with E-state index in [-0.39, 0.29) is 24.1 Å². The molecule has 180 valence electrons. The summed E-state index contributed by atoms with van der Waals surface area (Å²) in [5.74, 6) is 0.252. The van der Waals surface area contributed by atoms with Gasteiger partial charge in [0.15, 0.2) is 6.73 Å². The highest BCUT2D eigenvalue weighted by molar-refractivity contribution is 6.40. The summed E-state index contributed by atoms with van der Waals surface area (Å²) in [5, 5.41) is 3.93. The van der Waals surface area contributed by atoms with Crippen LogP contribution in [0.4, 0.5) is 23.0 Å². The molecule has 1 aliphatic carbocycles.